The molecule has 0 saturated heterocycles. The summed E-state index contributed by atoms with van der Waals surface area (Å²) in [5.74, 6) is 3.61. The van der Waals surface area contributed by atoms with Gasteiger partial charge in [-0.2, -0.15) is 0 Å². The highest BCUT2D eigenvalue weighted by Gasteiger charge is 2.56. The zero-order valence-corrected chi connectivity index (χ0v) is 42.9. The molecule has 0 aromatic heterocycles. The normalized spacial score (nSPS) is 11.9. The Morgan fingerprint density at radius 1 is 0.230 bits per heavy atom. The molecule has 0 radical (unpaired) electrons. The molecule has 374 valence electrons. The molecule has 0 aliphatic heterocycles. The Kier molecular flexibility index (Phi) is 15.3. The molecule has 0 heterocycles. The van der Waals surface area contributed by atoms with Gasteiger partial charge < -0.3 is 28.4 Å². The minimum atomic E-state index is -5.37. The number of hydrogen-bond donors (Lipinski definition) is 0. The average Bonchev–Trinajstić information content (AvgIpc) is 3.48. The molecule has 9 rings (SSSR count). The smallest absolute Gasteiger partial charge is 0.479 e. The van der Waals surface area contributed by atoms with Gasteiger partial charge >= 0.3 is 7.82 Å². The lowest BCUT2D eigenvalue weighted by atomic mass is 9.80. The van der Waals surface area contributed by atoms with E-state index in [0.29, 0.717) is 84.6 Å². The second kappa shape index (κ2) is 22.3. The minimum Gasteiger partial charge on any atom is -0.497 e. The average molecular weight is 1010 g/mol. The Bertz CT molecular complexity index is 2750. The molecule has 0 N–H and O–H groups in total. The van der Waals surface area contributed by atoms with Crippen molar-refractivity contribution in [2.75, 3.05) is 42.7 Å². The van der Waals surface area contributed by atoms with Crippen molar-refractivity contribution in [3.8, 4) is 34.5 Å². The molecule has 0 saturated carbocycles. The summed E-state index contributed by atoms with van der Waals surface area (Å²) in [4.78, 5) is 0. The van der Waals surface area contributed by atoms with Crippen LogP contribution in [0.15, 0.2) is 237 Å². The maximum absolute atomic E-state index is 18.3. The van der Waals surface area contributed by atoms with Gasteiger partial charge in [-0.15, -0.1) is 0 Å². The summed E-state index contributed by atoms with van der Waals surface area (Å²) in [6.45, 7) is 0. The van der Waals surface area contributed by atoms with Crippen LogP contribution in [0.4, 0.5) is 0 Å². The lowest BCUT2D eigenvalue weighted by Crippen LogP contribution is -2.39. The van der Waals surface area contributed by atoms with Gasteiger partial charge in [-0.25, -0.2) is 4.57 Å². The summed E-state index contributed by atoms with van der Waals surface area (Å²) < 4.78 is 76.3. The summed E-state index contributed by atoms with van der Waals surface area (Å²) in [5.41, 5.74) is 0.0472. The van der Waals surface area contributed by atoms with Crippen molar-refractivity contribution in [1.82, 2.24) is 0 Å². The van der Waals surface area contributed by atoms with Gasteiger partial charge in [-0.1, -0.05) is 164 Å². The van der Waals surface area contributed by atoms with Gasteiger partial charge in [0.1, 0.15) is 34.5 Å². The topological polar surface area (TPSA) is 100 Å². The third kappa shape index (κ3) is 9.88. The molecule has 11 heteroatoms. The van der Waals surface area contributed by atoms with Gasteiger partial charge in [-0.3, -0.25) is 13.6 Å². The van der Waals surface area contributed by atoms with Gasteiger partial charge in [0.2, 0.25) is 0 Å². The third-order valence-electron chi connectivity index (χ3n) is 13.3. The first-order chi connectivity index (χ1) is 36.2. The fourth-order valence-electron chi connectivity index (χ4n) is 9.51. The van der Waals surface area contributed by atoms with Crippen LogP contribution in [0.1, 0.15) is 50.1 Å². The van der Waals surface area contributed by atoms with Gasteiger partial charge in [0, 0.05) is 0 Å². The van der Waals surface area contributed by atoms with Crippen molar-refractivity contribution in [1.29, 1.82) is 0 Å². The van der Waals surface area contributed by atoms with Crippen LogP contribution in [0.3, 0.4) is 0 Å². The Morgan fingerprint density at radius 3 is 0.527 bits per heavy atom. The first-order valence-electron chi connectivity index (χ1n) is 23.9. The van der Waals surface area contributed by atoms with E-state index >= 15 is 4.57 Å². The molecule has 0 bridgehead atoms. The van der Waals surface area contributed by atoms with E-state index in [1.807, 2.05) is 237 Å². The monoisotopic (exact) mass is 1000 g/mol. The first-order valence-corrected chi connectivity index (χ1v) is 25.4. The van der Waals surface area contributed by atoms with Crippen molar-refractivity contribution in [3.63, 3.8) is 0 Å². The highest BCUT2D eigenvalue weighted by molar-refractivity contribution is 7.48. The number of phosphoric ester groups is 1. The van der Waals surface area contributed by atoms with Crippen LogP contribution in [0.25, 0.3) is 0 Å². The number of methoxy groups -OCH3 is 6. The first kappa shape index (κ1) is 50.8. The quantitative estimate of drug-likeness (QED) is 0.0511. The van der Waals surface area contributed by atoms with Crippen LogP contribution in [-0.4, -0.2) is 42.7 Å². The standard InChI is InChI=1S/C63H57O10P/c1-65-55-34-22-49(23-35-55)61(46-16-10-7-11-17-46,50-24-36-56(66-2)37-25-50)71-74(64,72-62(47-18-12-8-13-19-47,51-26-38-57(67-3)39-27-51)52-28-40-58(68-4)41-29-52)73-63(48-20-14-9-15-21-48,53-30-42-59(69-5)43-31-53)54-32-44-60(70-6)45-33-54/h7-45H,1-6H3. The van der Waals surface area contributed by atoms with Crippen LogP contribution in [0.5, 0.6) is 34.5 Å². The van der Waals surface area contributed by atoms with Gasteiger partial charge in [0.25, 0.3) is 0 Å². The molecule has 0 amide bonds. The molecule has 0 fully saturated rings. The van der Waals surface area contributed by atoms with E-state index < -0.39 is 24.6 Å². The number of benzene rings is 9. The number of ether oxygens (including phenoxy) is 6. The third-order valence-corrected chi connectivity index (χ3v) is 14.8. The van der Waals surface area contributed by atoms with Crippen molar-refractivity contribution in [2.24, 2.45) is 0 Å². The largest absolute Gasteiger partial charge is 0.497 e. The van der Waals surface area contributed by atoms with E-state index in [1.54, 1.807) is 42.7 Å². The van der Waals surface area contributed by atoms with E-state index in [-0.39, 0.29) is 0 Å². The van der Waals surface area contributed by atoms with Crippen molar-refractivity contribution < 1.29 is 46.6 Å². The lowest BCUT2D eigenvalue weighted by molar-refractivity contribution is -0.0121. The van der Waals surface area contributed by atoms with Crippen molar-refractivity contribution in [2.45, 2.75) is 16.8 Å². The molecule has 9 aromatic rings. The van der Waals surface area contributed by atoms with Crippen LogP contribution in [-0.2, 0) is 34.9 Å². The van der Waals surface area contributed by atoms with Gasteiger partial charge in [-0.05, 0) is 123 Å². The Labute approximate surface area is 433 Å². The van der Waals surface area contributed by atoms with Gasteiger partial charge in [0.05, 0.1) is 42.7 Å². The van der Waals surface area contributed by atoms with Crippen LogP contribution >= 0.6 is 7.82 Å². The number of rotatable bonds is 21. The molecule has 0 aliphatic rings. The maximum Gasteiger partial charge on any atom is 0.479 e. The Morgan fingerprint density at radius 2 is 0.378 bits per heavy atom. The zero-order valence-electron chi connectivity index (χ0n) is 42.0. The molecular weight excluding hydrogens is 948 g/mol. The molecule has 0 aliphatic carbocycles. The summed E-state index contributed by atoms with van der Waals surface area (Å²) in [7, 11) is 4.28. The Hall–Kier alpha value is -8.11. The van der Waals surface area contributed by atoms with E-state index in [2.05, 4.69) is 0 Å². The number of hydrogen-bond acceptors (Lipinski definition) is 10. The zero-order chi connectivity index (χ0) is 51.6. The predicted octanol–water partition coefficient (Wildman–Crippen LogP) is 14.2. The molecule has 74 heavy (non-hydrogen) atoms. The molecular formula is C63H57O10P. The maximum atomic E-state index is 18.3. The predicted molar refractivity (Wildman–Crippen MR) is 288 cm³/mol. The van der Waals surface area contributed by atoms with E-state index in [9.17, 15) is 0 Å². The highest BCUT2D eigenvalue weighted by Crippen LogP contribution is 2.68. The van der Waals surface area contributed by atoms with E-state index in [4.69, 9.17) is 42.0 Å². The lowest BCUT2D eigenvalue weighted by Gasteiger charge is -2.45. The molecule has 9 aromatic carbocycles. The van der Waals surface area contributed by atoms with E-state index in [1.165, 1.54) is 0 Å². The Balaban J connectivity index is 1.45. The van der Waals surface area contributed by atoms with Gasteiger partial charge in [0.15, 0.2) is 16.8 Å². The van der Waals surface area contributed by atoms with Crippen LogP contribution < -0.4 is 28.4 Å². The highest BCUT2D eigenvalue weighted by atomic mass is 31.2. The minimum absolute atomic E-state index is 0.584. The second-order valence-electron chi connectivity index (χ2n) is 17.2. The van der Waals surface area contributed by atoms with Crippen LogP contribution in [0.2, 0.25) is 0 Å². The molecule has 10 nitrogen and oxygen atoms in total. The van der Waals surface area contributed by atoms with Crippen molar-refractivity contribution in [3.05, 3.63) is 287 Å². The van der Waals surface area contributed by atoms with Crippen molar-refractivity contribution >= 4 is 7.82 Å². The second-order valence-corrected chi connectivity index (χ2v) is 18.7. The summed E-state index contributed by atoms with van der Waals surface area (Å²) in [6.07, 6.45) is 0. The SMILES string of the molecule is COc1ccc(C(OP(=O)(OC(c2ccccc2)(c2ccc(OC)cc2)c2ccc(OC)cc2)OC(c2ccccc2)(c2ccc(OC)cc2)c2ccc(OC)cc2)(c2ccccc2)c2ccc(OC)cc2)cc1. The molecule has 0 atom stereocenters. The number of phosphoric acid groups is 1. The summed E-state index contributed by atoms with van der Waals surface area (Å²) >= 11 is 0. The molecule has 0 spiro atoms. The fraction of sp³-hybridized carbons (Fsp3) is 0.143. The molecule has 0 unspecified atom stereocenters. The summed E-state index contributed by atoms with van der Waals surface area (Å²) in [5, 5.41) is 0. The van der Waals surface area contributed by atoms with Crippen LogP contribution in [0, 0.1) is 0 Å². The summed E-state index contributed by atoms with van der Waals surface area (Å²) in [6, 6.07) is 73.8. The van der Waals surface area contributed by atoms with E-state index in [0.717, 1.165) is 0 Å². The fourth-order valence-corrected chi connectivity index (χ4v) is 11.6.